The van der Waals surface area contributed by atoms with Crippen LogP contribution in [0.15, 0.2) is 24.3 Å². The number of amides is 3. The molecule has 0 aliphatic carbocycles. The van der Waals surface area contributed by atoms with Crippen LogP contribution in [-0.4, -0.2) is 78.5 Å². The number of anilines is 1. The first kappa shape index (κ1) is 18.3. The van der Waals surface area contributed by atoms with Crippen molar-refractivity contribution in [3.63, 3.8) is 0 Å². The van der Waals surface area contributed by atoms with Crippen LogP contribution >= 0.6 is 0 Å². The molecule has 146 valence electrons. The zero-order chi connectivity index (χ0) is 18.8. The predicted octanol–water partition coefficient (Wildman–Crippen LogP) is 2.32. The molecule has 0 radical (unpaired) electrons. The van der Waals surface area contributed by atoms with Gasteiger partial charge in [-0.1, -0.05) is 17.7 Å². The van der Waals surface area contributed by atoms with Crippen LogP contribution in [0.1, 0.15) is 31.2 Å². The number of carbonyl (C=O) groups is 2. The van der Waals surface area contributed by atoms with Crippen molar-refractivity contribution in [3.8, 4) is 0 Å². The van der Waals surface area contributed by atoms with Crippen LogP contribution in [0.25, 0.3) is 0 Å². The van der Waals surface area contributed by atoms with E-state index in [0.29, 0.717) is 6.54 Å². The molecule has 3 fully saturated rings. The molecule has 6 nitrogen and oxygen atoms in total. The Balaban J connectivity index is 1.16. The van der Waals surface area contributed by atoms with Gasteiger partial charge in [-0.25, -0.2) is 4.79 Å². The van der Waals surface area contributed by atoms with Gasteiger partial charge >= 0.3 is 6.03 Å². The number of nitrogens with zero attached hydrogens (tertiary/aromatic N) is 4. The summed E-state index contributed by atoms with van der Waals surface area (Å²) in [4.78, 5) is 32.8. The first-order chi connectivity index (χ1) is 13.1. The van der Waals surface area contributed by atoms with E-state index in [9.17, 15) is 9.59 Å². The molecule has 3 aliphatic rings. The van der Waals surface area contributed by atoms with E-state index in [1.165, 1.54) is 16.2 Å². The van der Waals surface area contributed by atoms with Gasteiger partial charge in [0.2, 0.25) is 0 Å². The van der Waals surface area contributed by atoms with Gasteiger partial charge < -0.3 is 9.80 Å². The van der Waals surface area contributed by atoms with E-state index in [1.54, 1.807) is 4.90 Å². The molecule has 0 unspecified atom stereocenters. The number of piperazine rings is 1. The third-order valence-corrected chi connectivity index (χ3v) is 6.16. The summed E-state index contributed by atoms with van der Waals surface area (Å²) in [6.07, 6.45) is 3.74. The fraction of sp³-hybridized carbons (Fsp3) is 0.619. The van der Waals surface area contributed by atoms with Gasteiger partial charge in [0.25, 0.3) is 5.91 Å². The average Bonchev–Trinajstić information content (AvgIpc) is 3.25. The van der Waals surface area contributed by atoms with Crippen molar-refractivity contribution < 1.29 is 9.59 Å². The van der Waals surface area contributed by atoms with E-state index < -0.39 is 0 Å². The Morgan fingerprint density at radius 1 is 0.926 bits per heavy atom. The van der Waals surface area contributed by atoms with Crippen LogP contribution in [0.3, 0.4) is 0 Å². The number of imide groups is 1. The molecule has 0 saturated carbocycles. The number of unbranched alkanes of at least 4 members (excludes halogenated alkanes) is 1. The Labute approximate surface area is 161 Å². The van der Waals surface area contributed by atoms with Crippen molar-refractivity contribution in [2.24, 2.45) is 0 Å². The van der Waals surface area contributed by atoms with Crippen molar-refractivity contribution in [3.05, 3.63) is 29.8 Å². The molecule has 3 saturated heterocycles. The van der Waals surface area contributed by atoms with Gasteiger partial charge in [0, 0.05) is 45.0 Å². The van der Waals surface area contributed by atoms with E-state index in [4.69, 9.17) is 0 Å². The molecule has 0 aromatic heterocycles. The quantitative estimate of drug-likeness (QED) is 0.570. The van der Waals surface area contributed by atoms with Crippen LogP contribution in [-0.2, 0) is 4.79 Å². The Morgan fingerprint density at radius 3 is 2.33 bits per heavy atom. The second-order valence-electron chi connectivity index (χ2n) is 8.00. The standard InChI is InChI=1S/C21H30N4O2/c1-17-6-8-18(9-7-17)23-15-13-22(14-16-23)10-2-3-11-25-20(26)19-5-4-12-24(19)21(25)27/h6-9,19H,2-5,10-16H2,1H3/t19-/m1/s1. The van der Waals surface area contributed by atoms with Crippen molar-refractivity contribution in [2.45, 2.75) is 38.6 Å². The highest BCUT2D eigenvalue weighted by molar-refractivity contribution is 6.04. The molecule has 1 aromatic carbocycles. The van der Waals surface area contributed by atoms with Crippen molar-refractivity contribution >= 4 is 17.6 Å². The molecule has 3 amide bonds. The number of hydrogen-bond donors (Lipinski definition) is 0. The molecule has 3 aliphatic heterocycles. The summed E-state index contributed by atoms with van der Waals surface area (Å²) in [5.74, 6) is 0.0317. The lowest BCUT2D eigenvalue weighted by Gasteiger charge is -2.36. The third kappa shape index (κ3) is 3.81. The summed E-state index contributed by atoms with van der Waals surface area (Å²) in [6, 6.07) is 8.54. The number of aryl methyl sites for hydroxylation is 1. The predicted molar refractivity (Wildman–Crippen MR) is 106 cm³/mol. The van der Waals surface area contributed by atoms with E-state index in [0.717, 1.165) is 65.0 Å². The number of benzene rings is 1. The van der Waals surface area contributed by atoms with Gasteiger partial charge in [-0.3, -0.25) is 14.6 Å². The molecule has 3 heterocycles. The number of carbonyl (C=O) groups excluding carboxylic acids is 2. The summed E-state index contributed by atoms with van der Waals surface area (Å²) >= 11 is 0. The van der Waals surface area contributed by atoms with E-state index >= 15 is 0 Å². The molecule has 27 heavy (non-hydrogen) atoms. The largest absolute Gasteiger partial charge is 0.369 e. The topological polar surface area (TPSA) is 47.1 Å². The SMILES string of the molecule is Cc1ccc(N2CCN(CCCCN3C(=O)[C@H]4CCCN4C3=O)CC2)cc1. The summed E-state index contributed by atoms with van der Waals surface area (Å²) in [5.41, 5.74) is 2.61. The molecule has 4 rings (SSSR count). The fourth-order valence-electron chi connectivity index (χ4n) is 4.48. The van der Waals surface area contributed by atoms with E-state index in [2.05, 4.69) is 41.0 Å². The zero-order valence-electron chi connectivity index (χ0n) is 16.3. The second-order valence-corrected chi connectivity index (χ2v) is 8.00. The normalized spacial score (nSPS) is 23.4. The maximum absolute atomic E-state index is 12.3. The molecule has 0 N–H and O–H groups in total. The smallest absolute Gasteiger partial charge is 0.327 e. The van der Waals surface area contributed by atoms with Crippen LogP contribution in [0.2, 0.25) is 0 Å². The molecule has 1 atom stereocenters. The second kappa shape index (κ2) is 7.89. The monoisotopic (exact) mass is 370 g/mol. The number of fused-ring (bicyclic) bond motifs is 1. The lowest BCUT2D eigenvalue weighted by Crippen LogP contribution is -2.46. The highest BCUT2D eigenvalue weighted by atomic mass is 16.2. The van der Waals surface area contributed by atoms with Crippen molar-refractivity contribution in [1.29, 1.82) is 0 Å². The number of rotatable bonds is 6. The Morgan fingerprint density at radius 2 is 1.63 bits per heavy atom. The first-order valence-corrected chi connectivity index (χ1v) is 10.3. The number of urea groups is 1. The Bertz CT molecular complexity index is 660. The lowest BCUT2D eigenvalue weighted by atomic mass is 10.2. The lowest BCUT2D eigenvalue weighted by molar-refractivity contribution is -0.128. The van der Waals surface area contributed by atoms with Crippen molar-refractivity contribution in [2.75, 3.05) is 50.7 Å². The van der Waals surface area contributed by atoms with Gasteiger partial charge in [-0.05, 0) is 51.3 Å². The third-order valence-electron chi connectivity index (χ3n) is 6.16. The summed E-state index contributed by atoms with van der Waals surface area (Å²) in [7, 11) is 0. The maximum Gasteiger partial charge on any atom is 0.327 e. The van der Waals surface area contributed by atoms with Crippen LogP contribution in [0, 0.1) is 6.92 Å². The Kier molecular flexibility index (Phi) is 5.34. The molecular formula is C21H30N4O2. The maximum atomic E-state index is 12.3. The van der Waals surface area contributed by atoms with Crippen molar-refractivity contribution in [1.82, 2.24) is 14.7 Å². The Hall–Kier alpha value is -2.08. The molecular weight excluding hydrogens is 340 g/mol. The highest BCUT2D eigenvalue weighted by Gasteiger charge is 2.46. The van der Waals surface area contributed by atoms with Crippen LogP contribution in [0.4, 0.5) is 10.5 Å². The van der Waals surface area contributed by atoms with Crippen LogP contribution in [0.5, 0.6) is 0 Å². The fourth-order valence-corrected chi connectivity index (χ4v) is 4.48. The summed E-state index contributed by atoms with van der Waals surface area (Å²) in [6.45, 7) is 8.76. The highest BCUT2D eigenvalue weighted by Crippen LogP contribution is 2.27. The molecule has 1 aromatic rings. The average molecular weight is 370 g/mol. The zero-order valence-corrected chi connectivity index (χ0v) is 16.3. The van der Waals surface area contributed by atoms with Gasteiger partial charge in [0.15, 0.2) is 0 Å². The molecule has 0 bridgehead atoms. The number of hydrogen-bond acceptors (Lipinski definition) is 4. The van der Waals surface area contributed by atoms with Gasteiger partial charge in [-0.2, -0.15) is 0 Å². The summed E-state index contributed by atoms with van der Waals surface area (Å²) in [5, 5.41) is 0. The molecule has 6 heteroatoms. The van der Waals surface area contributed by atoms with E-state index in [1.807, 2.05) is 0 Å². The van der Waals surface area contributed by atoms with E-state index in [-0.39, 0.29) is 18.0 Å². The minimum atomic E-state index is -0.160. The minimum absolute atomic E-state index is 0.0317. The van der Waals surface area contributed by atoms with Gasteiger partial charge in [-0.15, -0.1) is 0 Å². The molecule has 0 spiro atoms. The first-order valence-electron chi connectivity index (χ1n) is 10.3. The van der Waals surface area contributed by atoms with Gasteiger partial charge in [0.05, 0.1) is 0 Å². The van der Waals surface area contributed by atoms with Gasteiger partial charge in [0.1, 0.15) is 6.04 Å². The summed E-state index contributed by atoms with van der Waals surface area (Å²) < 4.78 is 0. The van der Waals surface area contributed by atoms with Crippen LogP contribution < -0.4 is 4.90 Å². The minimum Gasteiger partial charge on any atom is -0.369 e.